The molecule has 0 unspecified atom stereocenters. The molecule has 0 spiro atoms. The van der Waals surface area contributed by atoms with Gasteiger partial charge in [0, 0.05) is 16.1 Å². The molecule has 1 heterocycles. The molecular weight excluding hydrogens is 529 g/mol. The highest BCUT2D eigenvalue weighted by molar-refractivity contribution is 9.10. The van der Waals surface area contributed by atoms with E-state index in [1.54, 1.807) is 31.2 Å². The molecule has 2 aromatic carbocycles. The number of hydrogen-bond acceptors (Lipinski definition) is 5. The lowest BCUT2D eigenvalue weighted by molar-refractivity contribution is -0.119. The van der Waals surface area contributed by atoms with Gasteiger partial charge in [-0.1, -0.05) is 29.3 Å². The number of hydrazone groups is 1. The summed E-state index contributed by atoms with van der Waals surface area (Å²) in [6, 6.07) is 13.5. The van der Waals surface area contributed by atoms with E-state index in [4.69, 9.17) is 27.6 Å². The van der Waals surface area contributed by atoms with Crippen molar-refractivity contribution in [3.05, 3.63) is 80.6 Å². The maximum absolute atomic E-state index is 13.2. The molecule has 0 saturated heterocycles. The van der Waals surface area contributed by atoms with Crippen LogP contribution in [0.25, 0.3) is 0 Å². The van der Waals surface area contributed by atoms with Crippen molar-refractivity contribution in [1.29, 1.82) is 0 Å². The minimum Gasteiger partial charge on any atom is -0.459 e. The predicted octanol–water partition coefficient (Wildman–Crippen LogP) is 5.00. The summed E-state index contributed by atoms with van der Waals surface area (Å²) in [6.45, 7) is 1.24. The van der Waals surface area contributed by atoms with E-state index in [0.29, 0.717) is 21.6 Å². The van der Waals surface area contributed by atoms with Gasteiger partial charge in [-0.05, 0) is 65.3 Å². The topological polar surface area (TPSA) is 92.0 Å². The van der Waals surface area contributed by atoms with Crippen LogP contribution in [0.3, 0.4) is 0 Å². The summed E-state index contributed by atoms with van der Waals surface area (Å²) in [5.74, 6) is 0.426. The van der Waals surface area contributed by atoms with E-state index < -0.39 is 22.5 Å². The van der Waals surface area contributed by atoms with E-state index in [1.807, 2.05) is 0 Å². The van der Waals surface area contributed by atoms with Gasteiger partial charge in [-0.3, -0.25) is 9.10 Å². The van der Waals surface area contributed by atoms with E-state index in [9.17, 15) is 13.2 Å². The third kappa shape index (κ3) is 5.88. The van der Waals surface area contributed by atoms with E-state index in [2.05, 4.69) is 26.5 Å². The number of rotatable bonds is 7. The van der Waals surface area contributed by atoms with Gasteiger partial charge in [0.1, 0.15) is 18.1 Å². The summed E-state index contributed by atoms with van der Waals surface area (Å²) in [7, 11) is -4.08. The number of sulfonamides is 1. The number of hydrogen-bond donors (Lipinski definition) is 1. The number of aryl methyl sites for hydroxylation is 1. The Kier molecular flexibility index (Phi) is 7.42. The number of furan rings is 1. The van der Waals surface area contributed by atoms with Gasteiger partial charge in [0.15, 0.2) is 0 Å². The third-order valence-corrected chi connectivity index (χ3v) is 7.10. The van der Waals surface area contributed by atoms with Crippen molar-refractivity contribution in [2.75, 3.05) is 10.8 Å². The minimum absolute atomic E-state index is 0.0240. The fourth-order valence-corrected chi connectivity index (χ4v) is 4.59. The number of nitrogens with one attached hydrogen (secondary N) is 1. The maximum Gasteiger partial charge on any atom is 0.264 e. The van der Waals surface area contributed by atoms with Crippen molar-refractivity contribution in [1.82, 2.24) is 5.43 Å². The lowest BCUT2D eigenvalue weighted by atomic mass is 10.3. The molecule has 11 heteroatoms. The van der Waals surface area contributed by atoms with E-state index in [-0.39, 0.29) is 10.6 Å². The van der Waals surface area contributed by atoms with Crippen molar-refractivity contribution in [3.63, 3.8) is 0 Å². The Morgan fingerprint density at radius 2 is 1.87 bits per heavy atom. The molecule has 0 bridgehead atoms. The molecule has 0 fully saturated rings. The molecule has 0 aliphatic rings. The second kappa shape index (κ2) is 9.86. The zero-order valence-corrected chi connectivity index (χ0v) is 20.0. The van der Waals surface area contributed by atoms with Gasteiger partial charge in [-0.25, -0.2) is 13.8 Å². The number of benzene rings is 2. The van der Waals surface area contributed by atoms with E-state index in [1.165, 1.54) is 36.5 Å². The first-order valence-corrected chi connectivity index (χ1v) is 11.8. The number of carbonyl (C=O) groups is 1. The Morgan fingerprint density at radius 3 is 2.48 bits per heavy atom. The number of nitrogens with zero attached hydrogens (tertiary/aromatic N) is 2. The quantitative estimate of drug-likeness (QED) is 0.334. The maximum atomic E-state index is 13.2. The van der Waals surface area contributed by atoms with Crippen LogP contribution in [0, 0.1) is 6.92 Å². The smallest absolute Gasteiger partial charge is 0.264 e. The Morgan fingerprint density at radius 1 is 1.16 bits per heavy atom. The first-order valence-electron chi connectivity index (χ1n) is 8.78. The predicted molar refractivity (Wildman–Crippen MR) is 124 cm³/mol. The Bertz CT molecular complexity index is 1210. The zero-order chi connectivity index (χ0) is 22.6. The fourth-order valence-electron chi connectivity index (χ4n) is 2.56. The molecule has 1 N–H and O–H groups in total. The number of halogens is 3. The molecule has 0 aliphatic carbocycles. The van der Waals surface area contributed by atoms with Crippen molar-refractivity contribution in [2.24, 2.45) is 5.10 Å². The second-order valence-corrected chi connectivity index (χ2v) is 9.88. The van der Waals surface area contributed by atoms with Gasteiger partial charge in [0.25, 0.3) is 15.9 Å². The Hall–Kier alpha value is -2.33. The zero-order valence-electron chi connectivity index (χ0n) is 16.1. The van der Waals surface area contributed by atoms with E-state index >= 15 is 0 Å². The van der Waals surface area contributed by atoms with Crippen molar-refractivity contribution < 1.29 is 17.6 Å². The molecule has 7 nitrogen and oxygen atoms in total. The number of amides is 1. The lowest BCUT2D eigenvalue weighted by Crippen LogP contribution is -2.39. The first kappa shape index (κ1) is 23.3. The highest BCUT2D eigenvalue weighted by Crippen LogP contribution is 2.26. The molecular formula is C20H16BrCl2N3O4S. The molecule has 0 saturated carbocycles. The highest BCUT2D eigenvalue weighted by Gasteiger charge is 2.27. The van der Waals surface area contributed by atoms with Crippen LogP contribution in [0.5, 0.6) is 0 Å². The summed E-state index contributed by atoms with van der Waals surface area (Å²) in [5, 5.41) is 4.54. The van der Waals surface area contributed by atoms with Gasteiger partial charge in [-0.15, -0.1) is 0 Å². The minimum atomic E-state index is -4.08. The van der Waals surface area contributed by atoms with Gasteiger partial charge in [0.05, 0.1) is 21.3 Å². The summed E-state index contributed by atoms with van der Waals surface area (Å²) < 4.78 is 33.6. The van der Waals surface area contributed by atoms with Crippen LogP contribution in [0.15, 0.2) is 73.5 Å². The molecule has 3 aromatic rings. The monoisotopic (exact) mass is 543 g/mol. The third-order valence-electron chi connectivity index (χ3n) is 4.04. The summed E-state index contributed by atoms with van der Waals surface area (Å²) >= 11 is 15.2. The average Bonchev–Trinajstić information content (AvgIpc) is 3.03. The lowest BCUT2D eigenvalue weighted by Gasteiger charge is -2.23. The van der Waals surface area contributed by atoms with Crippen LogP contribution >= 0.6 is 39.1 Å². The Balaban J connectivity index is 1.84. The number of anilines is 1. The summed E-state index contributed by atoms with van der Waals surface area (Å²) in [6.07, 6.45) is 1.31. The molecule has 3 rings (SSSR count). The van der Waals surface area contributed by atoms with Crippen molar-refractivity contribution >= 4 is 67.0 Å². The van der Waals surface area contributed by atoms with Crippen LogP contribution < -0.4 is 9.73 Å². The second-order valence-electron chi connectivity index (χ2n) is 6.29. The standard InChI is InChI=1S/C20H16BrCl2N3O4S/c1-13-19(21)10-17(30-13)11-24-25-20(27)12-26(16-4-2-3-15(23)9-16)31(28,29)18-7-5-14(22)6-8-18/h2-11H,12H2,1H3,(H,25,27)/b24-11-. The molecule has 1 amide bonds. The molecule has 0 radical (unpaired) electrons. The van der Waals surface area contributed by atoms with Gasteiger partial charge < -0.3 is 4.42 Å². The number of carbonyl (C=O) groups excluding carboxylic acids is 1. The summed E-state index contributed by atoms with van der Waals surface area (Å²) in [4.78, 5) is 12.5. The summed E-state index contributed by atoms with van der Waals surface area (Å²) in [5.41, 5.74) is 2.53. The van der Waals surface area contributed by atoms with Crippen molar-refractivity contribution in [3.8, 4) is 0 Å². The van der Waals surface area contributed by atoms with E-state index in [0.717, 1.165) is 8.78 Å². The van der Waals surface area contributed by atoms with Crippen molar-refractivity contribution in [2.45, 2.75) is 11.8 Å². The first-order chi connectivity index (χ1) is 14.7. The largest absolute Gasteiger partial charge is 0.459 e. The van der Waals surface area contributed by atoms with Gasteiger partial charge >= 0.3 is 0 Å². The molecule has 1 aromatic heterocycles. The highest BCUT2D eigenvalue weighted by atomic mass is 79.9. The van der Waals surface area contributed by atoms with Crippen LogP contribution in [0.2, 0.25) is 10.0 Å². The van der Waals surface area contributed by atoms with Gasteiger partial charge in [0.2, 0.25) is 0 Å². The normalized spacial score (nSPS) is 11.6. The average molecular weight is 545 g/mol. The van der Waals surface area contributed by atoms with Gasteiger partial charge in [-0.2, -0.15) is 5.10 Å². The molecule has 0 aliphatic heterocycles. The molecule has 0 atom stereocenters. The SMILES string of the molecule is Cc1oc(/C=N\NC(=O)CN(c2cccc(Cl)c2)S(=O)(=O)c2ccc(Cl)cc2)cc1Br. The van der Waals surface area contributed by atoms with Crippen LogP contribution in [0.1, 0.15) is 11.5 Å². The molecule has 162 valence electrons. The fraction of sp³-hybridized carbons (Fsp3) is 0.100. The van der Waals surface area contributed by atoms with Crippen LogP contribution in [-0.4, -0.2) is 27.1 Å². The van der Waals surface area contributed by atoms with Crippen LogP contribution in [0.4, 0.5) is 5.69 Å². The molecule has 31 heavy (non-hydrogen) atoms. The Labute approximate surface area is 197 Å². The van der Waals surface area contributed by atoms with Crippen LogP contribution in [-0.2, 0) is 14.8 Å².